The summed E-state index contributed by atoms with van der Waals surface area (Å²) >= 11 is 0. The van der Waals surface area contributed by atoms with Crippen molar-refractivity contribution < 1.29 is 37.0 Å². The van der Waals surface area contributed by atoms with Crippen LogP contribution in [0.15, 0.2) is 36.4 Å². The fourth-order valence-corrected chi connectivity index (χ4v) is 3.55. The lowest BCUT2D eigenvalue weighted by molar-refractivity contribution is -0.274. The summed E-state index contributed by atoms with van der Waals surface area (Å²) < 4.78 is 56.8. The lowest BCUT2D eigenvalue weighted by atomic mass is 9.96. The van der Waals surface area contributed by atoms with Crippen LogP contribution in [0.2, 0.25) is 0 Å². The number of phenolic OH excluding ortho intramolecular Hbond substituents is 1. The quantitative estimate of drug-likeness (QED) is 0.598. The maximum Gasteiger partial charge on any atom is 0.573 e. The molecule has 1 heterocycles. The van der Waals surface area contributed by atoms with E-state index in [0.717, 1.165) is 34.9 Å². The molecule has 0 radical (unpaired) electrons. The minimum Gasteiger partial charge on any atom is -0.505 e. The number of benzene rings is 2. The molecule has 2 aromatic carbocycles. The molecule has 0 saturated carbocycles. The summed E-state index contributed by atoms with van der Waals surface area (Å²) in [5.74, 6) is -4.04. The fourth-order valence-electron chi connectivity index (χ4n) is 3.55. The molecule has 3 rings (SSSR count). The van der Waals surface area contributed by atoms with E-state index in [1.165, 1.54) is 27.0 Å². The molecule has 0 unspecified atom stereocenters. The molecule has 0 bridgehead atoms. The van der Waals surface area contributed by atoms with Crippen LogP contribution in [-0.4, -0.2) is 34.9 Å². The third-order valence-corrected chi connectivity index (χ3v) is 4.95. The van der Waals surface area contributed by atoms with Crippen LogP contribution in [0.1, 0.15) is 34.5 Å². The van der Waals surface area contributed by atoms with Gasteiger partial charge in [-0.15, -0.1) is 13.2 Å². The average molecular weight is 438 g/mol. The molecule has 1 atom stereocenters. The van der Waals surface area contributed by atoms with Crippen LogP contribution < -0.4 is 10.1 Å². The van der Waals surface area contributed by atoms with Crippen molar-refractivity contribution in [1.82, 2.24) is 9.88 Å². The first-order valence-corrected chi connectivity index (χ1v) is 9.10. The minimum absolute atomic E-state index is 0.0159. The molecule has 0 saturated heterocycles. The number of amides is 1. The molecular weight excluding hydrogens is 420 g/mol. The van der Waals surface area contributed by atoms with Gasteiger partial charge in [0.2, 0.25) is 5.91 Å². The van der Waals surface area contributed by atoms with E-state index in [0.29, 0.717) is 0 Å². The number of carbonyl (C=O) groups excluding carboxylic acids is 2. The van der Waals surface area contributed by atoms with Crippen LogP contribution in [-0.2, 0) is 4.79 Å². The maximum absolute atomic E-state index is 14.8. The number of likely N-dealkylation sites (N-methyl/N-ethyl adjacent to an activating group) is 1. The highest BCUT2D eigenvalue weighted by atomic mass is 19.4. The number of phenols is 1. The lowest BCUT2D eigenvalue weighted by Gasteiger charge is -2.12. The Kier molecular flexibility index (Phi) is 5.66. The van der Waals surface area contributed by atoms with Gasteiger partial charge in [-0.05, 0) is 55.8 Å². The van der Waals surface area contributed by atoms with Crippen molar-refractivity contribution >= 4 is 22.7 Å². The Balaban J connectivity index is 2.16. The van der Waals surface area contributed by atoms with Crippen molar-refractivity contribution in [2.45, 2.75) is 26.1 Å². The van der Waals surface area contributed by atoms with Crippen molar-refractivity contribution in [2.75, 3.05) is 7.05 Å². The first-order chi connectivity index (χ1) is 14.5. The third kappa shape index (κ3) is 4.05. The number of aromatic nitrogens is 1. The number of hydrogen-bond acceptors (Lipinski definition) is 4. The van der Waals surface area contributed by atoms with E-state index >= 15 is 0 Å². The van der Waals surface area contributed by atoms with Gasteiger partial charge in [0, 0.05) is 23.7 Å². The van der Waals surface area contributed by atoms with Crippen molar-refractivity contribution in [3.05, 3.63) is 59.0 Å². The molecular formula is C21H18F4N2O4. The van der Waals surface area contributed by atoms with E-state index in [4.69, 9.17) is 0 Å². The highest BCUT2D eigenvalue weighted by Gasteiger charge is 2.32. The van der Waals surface area contributed by atoms with E-state index < -0.39 is 41.4 Å². The van der Waals surface area contributed by atoms with Crippen LogP contribution in [0.5, 0.6) is 11.5 Å². The molecule has 0 spiro atoms. The van der Waals surface area contributed by atoms with Crippen molar-refractivity contribution in [2.24, 2.45) is 0 Å². The largest absolute Gasteiger partial charge is 0.573 e. The Morgan fingerprint density at radius 3 is 2.29 bits per heavy atom. The second-order valence-corrected chi connectivity index (χ2v) is 6.84. The molecule has 164 valence electrons. The van der Waals surface area contributed by atoms with Gasteiger partial charge in [-0.1, -0.05) is 0 Å². The number of nitrogens with zero attached hydrogens (tertiary/aromatic N) is 1. The standard InChI is InChI=1S/C21H18F4N2O4/c1-10(19(29)26-3)16-11(2)27(14-8-9-15(28)18(22)17(14)16)20(30)12-4-6-13(7-5-12)31-21(23,24)25/h4-10,28H,1-3H3,(H,26,29)/t10-/m0/s1. The van der Waals surface area contributed by atoms with Crippen LogP contribution >= 0.6 is 0 Å². The zero-order valence-corrected chi connectivity index (χ0v) is 16.7. The summed E-state index contributed by atoms with van der Waals surface area (Å²) in [5, 5.41) is 12.2. The second kappa shape index (κ2) is 7.93. The van der Waals surface area contributed by atoms with E-state index in [9.17, 15) is 32.3 Å². The molecule has 0 aliphatic carbocycles. The van der Waals surface area contributed by atoms with Gasteiger partial charge in [0.25, 0.3) is 5.91 Å². The van der Waals surface area contributed by atoms with Crippen molar-refractivity contribution in [3.8, 4) is 11.5 Å². The lowest BCUT2D eigenvalue weighted by Crippen LogP contribution is -2.24. The monoisotopic (exact) mass is 438 g/mol. The van der Waals surface area contributed by atoms with Crippen molar-refractivity contribution in [3.63, 3.8) is 0 Å². The fraction of sp³-hybridized carbons (Fsp3) is 0.238. The molecule has 0 fully saturated rings. The van der Waals surface area contributed by atoms with Gasteiger partial charge in [-0.3, -0.25) is 14.2 Å². The van der Waals surface area contributed by atoms with E-state index in [-0.39, 0.29) is 27.7 Å². The van der Waals surface area contributed by atoms with Crippen LogP contribution in [0, 0.1) is 12.7 Å². The number of fused-ring (bicyclic) bond motifs is 1. The number of rotatable bonds is 4. The average Bonchev–Trinajstić information content (AvgIpc) is 3.01. The zero-order valence-electron chi connectivity index (χ0n) is 16.7. The highest BCUT2D eigenvalue weighted by molar-refractivity contribution is 6.05. The SMILES string of the molecule is CNC(=O)[C@@H](C)c1c(C)n(C(=O)c2ccc(OC(F)(F)F)cc2)c2ccc(O)c(F)c12. The zero-order chi connectivity index (χ0) is 23.1. The minimum atomic E-state index is -4.87. The number of carbonyl (C=O) groups is 2. The summed E-state index contributed by atoms with van der Waals surface area (Å²) in [6, 6.07) is 6.68. The smallest absolute Gasteiger partial charge is 0.505 e. The summed E-state index contributed by atoms with van der Waals surface area (Å²) in [6.07, 6.45) is -4.87. The van der Waals surface area contributed by atoms with E-state index in [1.807, 2.05) is 0 Å². The summed E-state index contributed by atoms with van der Waals surface area (Å²) in [7, 11) is 1.41. The van der Waals surface area contributed by atoms with Gasteiger partial charge in [0.1, 0.15) is 5.75 Å². The predicted molar refractivity (Wildman–Crippen MR) is 104 cm³/mol. The molecule has 6 nitrogen and oxygen atoms in total. The summed E-state index contributed by atoms with van der Waals surface area (Å²) in [5.41, 5.74) is 0.602. The number of ether oxygens (including phenoxy) is 1. The Morgan fingerprint density at radius 2 is 1.74 bits per heavy atom. The molecule has 31 heavy (non-hydrogen) atoms. The van der Waals surface area contributed by atoms with Gasteiger partial charge in [0.15, 0.2) is 11.6 Å². The van der Waals surface area contributed by atoms with Crippen LogP contribution in [0.4, 0.5) is 17.6 Å². The van der Waals surface area contributed by atoms with E-state index in [1.54, 1.807) is 0 Å². The van der Waals surface area contributed by atoms with Gasteiger partial charge >= 0.3 is 6.36 Å². The molecule has 3 aromatic rings. The topological polar surface area (TPSA) is 80.6 Å². The van der Waals surface area contributed by atoms with Gasteiger partial charge in [-0.25, -0.2) is 4.39 Å². The predicted octanol–water partition coefficient (Wildman–Crippen LogP) is 4.23. The third-order valence-electron chi connectivity index (χ3n) is 4.95. The summed E-state index contributed by atoms with van der Waals surface area (Å²) in [4.78, 5) is 25.4. The first-order valence-electron chi connectivity index (χ1n) is 9.10. The first kappa shape index (κ1) is 22.1. The van der Waals surface area contributed by atoms with Crippen LogP contribution in [0.3, 0.4) is 0 Å². The Bertz CT molecular complexity index is 1170. The number of aromatic hydroxyl groups is 1. The molecule has 0 aliphatic heterocycles. The van der Waals surface area contributed by atoms with Gasteiger partial charge < -0.3 is 15.2 Å². The molecule has 1 aromatic heterocycles. The van der Waals surface area contributed by atoms with Gasteiger partial charge in [-0.2, -0.15) is 0 Å². The number of hydrogen-bond donors (Lipinski definition) is 2. The van der Waals surface area contributed by atoms with E-state index in [2.05, 4.69) is 10.1 Å². The Labute approximate surface area is 174 Å². The molecule has 10 heteroatoms. The summed E-state index contributed by atoms with van der Waals surface area (Å²) in [6.45, 7) is 3.05. The van der Waals surface area contributed by atoms with Crippen LogP contribution in [0.25, 0.3) is 10.9 Å². The Morgan fingerprint density at radius 1 is 1.13 bits per heavy atom. The number of halogens is 4. The molecule has 1 amide bonds. The molecule has 2 N–H and O–H groups in total. The van der Waals surface area contributed by atoms with Crippen molar-refractivity contribution in [1.29, 1.82) is 0 Å². The molecule has 0 aliphatic rings. The highest BCUT2D eigenvalue weighted by Crippen LogP contribution is 2.37. The normalized spacial score (nSPS) is 12.6. The number of nitrogens with one attached hydrogen (secondary N) is 1. The maximum atomic E-state index is 14.8. The second-order valence-electron chi connectivity index (χ2n) is 6.84. The van der Waals surface area contributed by atoms with Gasteiger partial charge in [0.05, 0.1) is 11.4 Å². The Hall–Kier alpha value is -3.56. The number of alkyl halides is 3.